The number of hydrogen-bond donors (Lipinski definition) is 2. The molecule has 0 bridgehead atoms. The maximum absolute atomic E-state index is 12.4. The molecule has 7 nitrogen and oxygen atoms in total. The Labute approximate surface area is 133 Å². The number of carbonyl (C=O) groups excluding carboxylic acids is 2. The number of piperidine rings is 1. The Hall–Kier alpha value is -1.83. The second-order valence-electron chi connectivity index (χ2n) is 5.69. The van der Waals surface area contributed by atoms with Crippen molar-refractivity contribution in [3.8, 4) is 0 Å². The topological polar surface area (TPSA) is 83.6 Å². The average molecular weight is 324 g/mol. The smallest absolute Gasteiger partial charge is 0.407 e. The summed E-state index contributed by atoms with van der Waals surface area (Å²) in [5.74, 6) is 0. The largest absolute Gasteiger partial charge is 0.441 e. The van der Waals surface area contributed by atoms with Crippen molar-refractivity contribution in [2.75, 3.05) is 19.6 Å². The number of amides is 3. The van der Waals surface area contributed by atoms with Gasteiger partial charge in [-0.05, 0) is 6.42 Å². The molecule has 2 aliphatic rings. The molecule has 0 aliphatic carbocycles. The molecule has 1 unspecified atom stereocenters. The van der Waals surface area contributed by atoms with Gasteiger partial charge in [0.2, 0.25) is 0 Å². The summed E-state index contributed by atoms with van der Waals surface area (Å²) in [4.78, 5) is 29.7. The van der Waals surface area contributed by atoms with E-state index in [1.54, 1.807) is 22.4 Å². The van der Waals surface area contributed by atoms with Crippen LogP contribution >= 0.6 is 11.3 Å². The van der Waals surface area contributed by atoms with Crippen LogP contribution in [0.1, 0.15) is 37.2 Å². The number of carbonyl (C=O) groups is 2. The zero-order valence-electron chi connectivity index (χ0n) is 12.5. The van der Waals surface area contributed by atoms with Crippen LogP contribution in [0, 0.1) is 0 Å². The first-order chi connectivity index (χ1) is 10.6. The molecule has 0 radical (unpaired) electrons. The normalized spacial score (nSPS) is 21.3. The fourth-order valence-electron chi connectivity index (χ4n) is 2.88. The molecule has 120 valence electrons. The molecule has 1 aromatic heterocycles. The van der Waals surface area contributed by atoms with E-state index in [0.717, 1.165) is 11.4 Å². The van der Waals surface area contributed by atoms with Crippen LogP contribution in [-0.2, 0) is 4.74 Å². The van der Waals surface area contributed by atoms with Crippen molar-refractivity contribution in [1.82, 2.24) is 20.5 Å². The number of alkyl carbamates (subject to hydrolysis) is 1. The number of hydrogen-bond acceptors (Lipinski definition) is 5. The second kappa shape index (κ2) is 6.12. The quantitative estimate of drug-likeness (QED) is 0.889. The van der Waals surface area contributed by atoms with Gasteiger partial charge in [0.15, 0.2) is 0 Å². The van der Waals surface area contributed by atoms with Crippen molar-refractivity contribution < 1.29 is 14.3 Å². The summed E-state index contributed by atoms with van der Waals surface area (Å²) in [5.41, 5.74) is -0.423. The standard InChI is InChI=1S/C14H20N4O3S/c1-2-10(11-15-5-8-22-11)17-12(19)18-6-3-14(4-7-18)9-16-13(20)21-14/h5,8,10H,2-4,6-7,9H2,1H3,(H,16,20)(H,17,19). The lowest BCUT2D eigenvalue weighted by atomic mass is 9.92. The van der Waals surface area contributed by atoms with Gasteiger partial charge in [0.25, 0.3) is 0 Å². The first-order valence-corrected chi connectivity index (χ1v) is 8.41. The van der Waals surface area contributed by atoms with E-state index in [0.29, 0.717) is 32.5 Å². The van der Waals surface area contributed by atoms with Crippen LogP contribution < -0.4 is 10.6 Å². The van der Waals surface area contributed by atoms with E-state index in [4.69, 9.17) is 4.74 Å². The molecular formula is C14H20N4O3S. The highest BCUT2D eigenvalue weighted by Gasteiger charge is 2.43. The maximum atomic E-state index is 12.4. The number of nitrogens with one attached hydrogen (secondary N) is 2. The van der Waals surface area contributed by atoms with E-state index in [1.165, 1.54) is 0 Å². The van der Waals surface area contributed by atoms with Gasteiger partial charge in [0, 0.05) is 37.5 Å². The summed E-state index contributed by atoms with van der Waals surface area (Å²) in [6.45, 7) is 3.75. The van der Waals surface area contributed by atoms with Gasteiger partial charge in [-0.1, -0.05) is 6.92 Å². The van der Waals surface area contributed by atoms with Crippen molar-refractivity contribution in [1.29, 1.82) is 0 Å². The summed E-state index contributed by atoms with van der Waals surface area (Å²) in [6.07, 6.45) is 3.55. The second-order valence-corrected chi connectivity index (χ2v) is 6.62. The van der Waals surface area contributed by atoms with Gasteiger partial charge in [-0.25, -0.2) is 14.6 Å². The fourth-order valence-corrected chi connectivity index (χ4v) is 3.66. The Balaban J connectivity index is 1.54. The van der Waals surface area contributed by atoms with Crippen LogP contribution in [0.25, 0.3) is 0 Å². The number of thiazole rings is 1. The number of rotatable bonds is 3. The van der Waals surface area contributed by atoms with Crippen molar-refractivity contribution in [2.24, 2.45) is 0 Å². The van der Waals surface area contributed by atoms with Crippen molar-refractivity contribution in [3.63, 3.8) is 0 Å². The highest BCUT2D eigenvalue weighted by molar-refractivity contribution is 7.09. The minimum absolute atomic E-state index is 0.0469. The van der Waals surface area contributed by atoms with E-state index in [2.05, 4.69) is 15.6 Å². The summed E-state index contributed by atoms with van der Waals surface area (Å²) >= 11 is 1.55. The van der Waals surface area contributed by atoms with Crippen LogP contribution in [0.3, 0.4) is 0 Å². The Morgan fingerprint density at radius 1 is 1.59 bits per heavy atom. The number of ether oxygens (including phenoxy) is 1. The number of likely N-dealkylation sites (tertiary alicyclic amines) is 1. The SMILES string of the molecule is CCC(NC(=O)N1CCC2(CC1)CNC(=O)O2)c1nccs1. The van der Waals surface area contributed by atoms with E-state index in [-0.39, 0.29) is 18.2 Å². The third kappa shape index (κ3) is 3.01. The molecule has 1 aromatic rings. The fraction of sp³-hybridized carbons (Fsp3) is 0.643. The predicted octanol–water partition coefficient (Wildman–Crippen LogP) is 1.88. The molecule has 1 atom stereocenters. The lowest BCUT2D eigenvalue weighted by Gasteiger charge is -2.37. The van der Waals surface area contributed by atoms with E-state index in [9.17, 15) is 9.59 Å². The van der Waals surface area contributed by atoms with E-state index < -0.39 is 5.60 Å². The Bertz CT molecular complexity index is 540. The molecule has 0 aromatic carbocycles. The molecule has 2 aliphatic heterocycles. The molecule has 3 rings (SSSR count). The Morgan fingerprint density at radius 3 is 2.91 bits per heavy atom. The molecular weight excluding hydrogens is 304 g/mol. The number of aromatic nitrogens is 1. The number of urea groups is 1. The zero-order valence-corrected chi connectivity index (χ0v) is 13.3. The molecule has 1 spiro atoms. The van der Waals surface area contributed by atoms with Crippen LogP contribution in [0.4, 0.5) is 9.59 Å². The molecule has 0 saturated carbocycles. The molecule has 2 N–H and O–H groups in total. The van der Waals surface area contributed by atoms with Crippen LogP contribution in [-0.4, -0.2) is 47.2 Å². The lowest BCUT2D eigenvalue weighted by molar-refractivity contribution is 0.00952. The first kappa shape index (κ1) is 15.1. The summed E-state index contributed by atoms with van der Waals surface area (Å²) in [5, 5.41) is 8.58. The predicted molar refractivity (Wildman–Crippen MR) is 81.7 cm³/mol. The van der Waals surface area contributed by atoms with Gasteiger partial charge >= 0.3 is 12.1 Å². The minimum atomic E-state index is -0.423. The van der Waals surface area contributed by atoms with Crippen LogP contribution in [0.2, 0.25) is 0 Å². The molecule has 3 heterocycles. The zero-order chi connectivity index (χ0) is 15.6. The maximum Gasteiger partial charge on any atom is 0.407 e. The molecule has 3 amide bonds. The monoisotopic (exact) mass is 324 g/mol. The Kier molecular flexibility index (Phi) is 4.19. The summed E-state index contributed by atoms with van der Waals surface area (Å²) < 4.78 is 5.36. The van der Waals surface area contributed by atoms with Crippen molar-refractivity contribution >= 4 is 23.5 Å². The van der Waals surface area contributed by atoms with E-state index >= 15 is 0 Å². The minimum Gasteiger partial charge on any atom is -0.441 e. The highest BCUT2D eigenvalue weighted by Crippen LogP contribution is 2.29. The summed E-state index contributed by atoms with van der Waals surface area (Å²) in [7, 11) is 0. The van der Waals surface area contributed by atoms with Crippen LogP contribution in [0.15, 0.2) is 11.6 Å². The van der Waals surface area contributed by atoms with Crippen molar-refractivity contribution in [3.05, 3.63) is 16.6 Å². The van der Waals surface area contributed by atoms with Gasteiger partial charge in [-0.3, -0.25) is 0 Å². The summed E-state index contributed by atoms with van der Waals surface area (Å²) in [6, 6.07) is -0.122. The molecule has 8 heteroatoms. The molecule has 2 saturated heterocycles. The van der Waals surface area contributed by atoms with Gasteiger partial charge in [-0.15, -0.1) is 11.3 Å². The Morgan fingerprint density at radius 2 is 2.36 bits per heavy atom. The molecule has 22 heavy (non-hydrogen) atoms. The molecule has 2 fully saturated rings. The average Bonchev–Trinajstić information content (AvgIpc) is 3.16. The van der Waals surface area contributed by atoms with Gasteiger partial charge in [0.1, 0.15) is 10.6 Å². The lowest BCUT2D eigenvalue weighted by Crippen LogP contribution is -2.51. The highest BCUT2D eigenvalue weighted by atomic mass is 32.1. The van der Waals surface area contributed by atoms with Gasteiger partial charge < -0.3 is 20.3 Å². The van der Waals surface area contributed by atoms with Crippen LogP contribution in [0.5, 0.6) is 0 Å². The van der Waals surface area contributed by atoms with Gasteiger partial charge in [-0.2, -0.15) is 0 Å². The third-order valence-corrected chi connectivity index (χ3v) is 5.17. The van der Waals surface area contributed by atoms with Crippen molar-refractivity contribution in [2.45, 2.75) is 37.8 Å². The van der Waals surface area contributed by atoms with Gasteiger partial charge in [0.05, 0.1) is 12.6 Å². The van der Waals surface area contributed by atoms with E-state index in [1.807, 2.05) is 12.3 Å². The number of nitrogens with zero attached hydrogens (tertiary/aromatic N) is 2. The first-order valence-electron chi connectivity index (χ1n) is 7.53. The third-order valence-electron chi connectivity index (χ3n) is 4.28.